The molecule has 0 spiro atoms. The van der Waals surface area contributed by atoms with Gasteiger partial charge >= 0.3 is 0 Å². The van der Waals surface area contributed by atoms with Crippen LogP contribution in [0.4, 0.5) is 0 Å². The number of phenols is 1. The van der Waals surface area contributed by atoms with Crippen LogP contribution in [0, 0.1) is 0 Å². The molecule has 1 aromatic rings. The Balaban J connectivity index is 2.45. The summed E-state index contributed by atoms with van der Waals surface area (Å²) in [6.45, 7) is 0.236. The summed E-state index contributed by atoms with van der Waals surface area (Å²) in [5.41, 5.74) is 11.1. The van der Waals surface area contributed by atoms with Crippen molar-refractivity contribution in [2.45, 2.75) is 19.0 Å². The molecule has 1 aromatic carbocycles. The molecule has 0 saturated heterocycles. The molecule has 6 nitrogen and oxygen atoms in total. The van der Waals surface area contributed by atoms with Crippen molar-refractivity contribution >= 4 is 11.8 Å². The van der Waals surface area contributed by atoms with E-state index in [1.54, 1.807) is 12.1 Å². The van der Waals surface area contributed by atoms with Crippen LogP contribution in [-0.2, 0) is 16.1 Å². The maximum atomic E-state index is 11.4. The predicted molar refractivity (Wildman–Crippen MR) is 61.7 cm³/mol. The minimum atomic E-state index is -0.940. The van der Waals surface area contributed by atoms with Crippen molar-refractivity contribution in [2.24, 2.45) is 11.5 Å². The molecule has 92 valence electrons. The number of carbonyl (C=O) groups excluding carboxylic acids is 2. The third-order valence-electron chi connectivity index (χ3n) is 2.14. The van der Waals surface area contributed by atoms with Gasteiger partial charge in [-0.05, 0) is 17.7 Å². The van der Waals surface area contributed by atoms with Crippen LogP contribution in [0.3, 0.4) is 0 Å². The molecule has 0 unspecified atom stereocenters. The maximum Gasteiger partial charge on any atom is 0.237 e. The Kier molecular flexibility index (Phi) is 4.47. The van der Waals surface area contributed by atoms with E-state index in [0.717, 1.165) is 5.56 Å². The summed E-state index contributed by atoms with van der Waals surface area (Å²) in [7, 11) is 0. The highest BCUT2D eigenvalue weighted by molar-refractivity contribution is 5.87. The maximum absolute atomic E-state index is 11.4. The fourth-order valence-corrected chi connectivity index (χ4v) is 1.30. The quantitative estimate of drug-likeness (QED) is 0.536. The Bertz CT molecular complexity index is 420. The van der Waals surface area contributed by atoms with Gasteiger partial charge in [0.2, 0.25) is 11.8 Å². The first kappa shape index (κ1) is 13.0. The van der Waals surface area contributed by atoms with E-state index in [0.29, 0.717) is 0 Å². The van der Waals surface area contributed by atoms with Crippen LogP contribution in [0.25, 0.3) is 0 Å². The average Bonchev–Trinajstić information content (AvgIpc) is 2.25. The summed E-state index contributed by atoms with van der Waals surface area (Å²) in [5.74, 6) is -0.949. The van der Waals surface area contributed by atoms with Gasteiger partial charge in [0.05, 0.1) is 12.5 Å². The summed E-state index contributed by atoms with van der Waals surface area (Å²) in [5, 5.41) is 11.8. The monoisotopic (exact) mass is 237 g/mol. The van der Waals surface area contributed by atoms with Gasteiger partial charge in [-0.15, -0.1) is 0 Å². The molecule has 17 heavy (non-hydrogen) atoms. The SMILES string of the molecule is NC(=O)C[C@H](N)C(=O)NCc1cccc(O)c1. The highest BCUT2D eigenvalue weighted by Crippen LogP contribution is 2.10. The lowest BCUT2D eigenvalue weighted by Crippen LogP contribution is -2.42. The molecule has 1 atom stereocenters. The van der Waals surface area contributed by atoms with Crippen molar-refractivity contribution in [3.8, 4) is 5.75 Å². The molecule has 2 amide bonds. The van der Waals surface area contributed by atoms with Crippen molar-refractivity contribution in [3.05, 3.63) is 29.8 Å². The Morgan fingerprint density at radius 1 is 1.41 bits per heavy atom. The summed E-state index contributed by atoms with van der Waals surface area (Å²) in [6, 6.07) is 5.54. The molecule has 0 bridgehead atoms. The normalized spacial score (nSPS) is 11.8. The second-order valence-corrected chi connectivity index (χ2v) is 3.66. The van der Waals surface area contributed by atoms with Gasteiger partial charge in [-0.25, -0.2) is 0 Å². The molecule has 0 fully saturated rings. The number of rotatable bonds is 5. The van der Waals surface area contributed by atoms with Crippen LogP contribution in [0.2, 0.25) is 0 Å². The Labute approximate surface area is 98.6 Å². The highest BCUT2D eigenvalue weighted by atomic mass is 16.3. The van der Waals surface area contributed by atoms with Crippen molar-refractivity contribution in [1.29, 1.82) is 0 Å². The van der Waals surface area contributed by atoms with Crippen LogP contribution >= 0.6 is 0 Å². The van der Waals surface area contributed by atoms with E-state index in [-0.39, 0.29) is 18.7 Å². The van der Waals surface area contributed by atoms with Gasteiger partial charge in [-0.2, -0.15) is 0 Å². The van der Waals surface area contributed by atoms with Crippen molar-refractivity contribution in [3.63, 3.8) is 0 Å². The van der Waals surface area contributed by atoms with Gasteiger partial charge in [-0.1, -0.05) is 12.1 Å². The molecular weight excluding hydrogens is 222 g/mol. The van der Waals surface area contributed by atoms with Crippen LogP contribution in [0.1, 0.15) is 12.0 Å². The molecule has 0 aromatic heterocycles. The van der Waals surface area contributed by atoms with Gasteiger partial charge in [0.15, 0.2) is 0 Å². The lowest BCUT2D eigenvalue weighted by Gasteiger charge is -2.10. The van der Waals surface area contributed by atoms with Crippen LogP contribution in [-0.4, -0.2) is 23.0 Å². The fourth-order valence-electron chi connectivity index (χ4n) is 1.30. The van der Waals surface area contributed by atoms with Crippen molar-refractivity contribution in [1.82, 2.24) is 5.32 Å². The van der Waals surface area contributed by atoms with E-state index in [9.17, 15) is 14.7 Å². The van der Waals surface area contributed by atoms with Crippen LogP contribution < -0.4 is 16.8 Å². The summed E-state index contributed by atoms with van der Waals surface area (Å²) in [6.07, 6.45) is -0.189. The molecule has 0 heterocycles. The largest absolute Gasteiger partial charge is 0.508 e. The van der Waals surface area contributed by atoms with E-state index >= 15 is 0 Å². The summed E-state index contributed by atoms with van der Waals surface area (Å²) >= 11 is 0. The third-order valence-corrected chi connectivity index (χ3v) is 2.14. The smallest absolute Gasteiger partial charge is 0.237 e. The van der Waals surface area contributed by atoms with E-state index in [1.165, 1.54) is 12.1 Å². The number of hydrogen-bond acceptors (Lipinski definition) is 4. The molecule has 0 aliphatic heterocycles. The first-order valence-electron chi connectivity index (χ1n) is 5.08. The number of primary amides is 1. The molecular formula is C11H15N3O3. The fraction of sp³-hybridized carbons (Fsp3) is 0.273. The second kappa shape index (κ2) is 5.86. The molecule has 0 radical (unpaired) electrons. The van der Waals surface area contributed by atoms with Gasteiger partial charge in [0.25, 0.3) is 0 Å². The number of nitrogens with one attached hydrogen (secondary N) is 1. The first-order valence-corrected chi connectivity index (χ1v) is 5.08. The first-order chi connectivity index (χ1) is 7.99. The highest BCUT2D eigenvalue weighted by Gasteiger charge is 2.15. The van der Waals surface area contributed by atoms with Gasteiger partial charge in [0.1, 0.15) is 5.75 Å². The van der Waals surface area contributed by atoms with E-state index in [4.69, 9.17) is 11.5 Å². The Morgan fingerprint density at radius 2 is 2.12 bits per heavy atom. The number of phenolic OH excluding ortho intramolecular Hbond substituents is 1. The van der Waals surface area contributed by atoms with Gasteiger partial charge < -0.3 is 21.9 Å². The number of nitrogens with two attached hydrogens (primary N) is 2. The molecule has 6 heteroatoms. The molecule has 0 aliphatic carbocycles. The van der Waals surface area contributed by atoms with Crippen molar-refractivity contribution in [2.75, 3.05) is 0 Å². The van der Waals surface area contributed by atoms with E-state index in [1.807, 2.05) is 0 Å². The standard InChI is InChI=1S/C11H15N3O3/c12-9(5-10(13)16)11(17)14-6-7-2-1-3-8(15)4-7/h1-4,9,15H,5-6,12H2,(H2,13,16)(H,14,17)/t9-/m0/s1. The Hall–Kier alpha value is -2.08. The number of benzene rings is 1. The lowest BCUT2D eigenvalue weighted by atomic mass is 10.2. The topological polar surface area (TPSA) is 118 Å². The average molecular weight is 237 g/mol. The number of aromatic hydroxyl groups is 1. The minimum absolute atomic E-state index is 0.123. The Morgan fingerprint density at radius 3 is 2.71 bits per heavy atom. The zero-order valence-corrected chi connectivity index (χ0v) is 9.22. The van der Waals surface area contributed by atoms with Crippen molar-refractivity contribution < 1.29 is 14.7 Å². The molecule has 1 rings (SSSR count). The zero-order valence-electron chi connectivity index (χ0n) is 9.22. The zero-order chi connectivity index (χ0) is 12.8. The van der Waals surface area contributed by atoms with Crippen LogP contribution in [0.15, 0.2) is 24.3 Å². The number of amides is 2. The van der Waals surface area contributed by atoms with E-state index in [2.05, 4.69) is 5.32 Å². The lowest BCUT2D eigenvalue weighted by molar-refractivity contribution is -0.126. The third kappa shape index (κ3) is 4.52. The molecule has 0 aliphatic rings. The van der Waals surface area contributed by atoms with E-state index < -0.39 is 17.9 Å². The number of hydrogen-bond donors (Lipinski definition) is 4. The minimum Gasteiger partial charge on any atom is -0.508 e. The molecule has 0 saturated carbocycles. The summed E-state index contributed by atoms with van der Waals surface area (Å²) in [4.78, 5) is 22.0. The summed E-state index contributed by atoms with van der Waals surface area (Å²) < 4.78 is 0. The second-order valence-electron chi connectivity index (χ2n) is 3.66. The predicted octanol–water partition coefficient (Wildman–Crippen LogP) is -0.789. The van der Waals surface area contributed by atoms with Gasteiger partial charge in [-0.3, -0.25) is 9.59 Å². The van der Waals surface area contributed by atoms with Gasteiger partial charge in [0, 0.05) is 6.54 Å². The van der Waals surface area contributed by atoms with Crippen LogP contribution in [0.5, 0.6) is 5.75 Å². The molecule has 6 N–H and O–H groups in total. The number of carbonyl (C=O) groups is 2.